The van der Waals surface area contributed by atoms with E-state index >= 15 is 0 Å². The van der Waals surface area contributed by atoms with Crippen molar-refractivity contribution in [3.63, 3.8) is 0 Å². The number of nitrogens with one attached hydrogen (secondary N) is 1. The molecule has 1 aromatic carbocycles. The zero-order valence-electron chi connectivity index (χ0n) is 15.8. The first-order chi connectivity index (χ1) is 13.5. The van der Waals surface area contributed by atoms with E-state index < -0.39 is 0 Å². The summed E-state index contributed by atoms with van der Waals surface area (Å²) in [7, 11) is 0. The van der Waals surface area contributed by atoms with Gasteiger partial charge in [-0.1, -0.05) is 35.9 Å². The van der Waals surface area contributed by atoms with Crippen LogP contribution in [0.3, 0.4) is 0 Å². The minimum absolute atomic E-state index is 0.101. The largest absolute Gasteiger partial charge is 0.350 e. The number of nitrogens with zero attached hydrogens (tertiary/aromatic N) is 1. The highest BCUT2D eigenvalue weighted by atomic mass is 35.5. The van der Waals surface area contributed by atoms with Gasteiger partial charge < -0.3 is 10.2 Å². The van der Waals surface area contributed by atoms with Crippen molar-refractivity contribution in [1.82, 2.24) is 10.2 Å². The smallest absolute Gasteiger partial charge is 0.222 e. The quantitative estimate of drug-likeness (QED) is 0.759. The van der Waals surface area contributed by atoms with E-state index in [4.69, 9.17) is 11.6 Å². The fourth-order valence-electron chi connectivity index (χ4n) is 4.48. The molecule has 0 saturated carbocycles. The number of benzene rings is 1. The average molecular weight is 417 g/mol. The van der Waals surface area contributed by atoms with Crippen molar-refractivity contribution >= 4 is 34.8 Å². The fraction of sp³-hybridized carbons (Fsp3) is 0.455. The van der Waals surface area contributed by atoms with E-state index in [1.807, 2.05) is 29.2 Å². The normalized spacial score (nSPS) is 24.5. The van der Waals surface area contributed by atoms with Crippen LogP contribution >= 0.6 is 22.9 Å². The molecule has 6 heteroatoms. The van der Waals surface area contributed by atoms with Crippen LogP contribution < -0.4 is 5.32 Å². The summed E-state index contributed by atoms with van der Waals surface area (Å²) in [6, 6.07) is 12.1. The molecule has 28 heavy (non-hydrogen) atoms. The number of halogens is 1. The first-order valence-corrected chi connectivity index (χ1v) is 11.2. The average Bonchev–Trinajstić information content (AvgIpc) is 3.43. The Morgan fingerprint density at radius 1 is 1.29 bits per heavy atom. The van der Waals surface area contributed by atoms with Gasteiger partial charge in [-0.2, -0.15) is 0 Å². The maximum atomic E-state index is 12.9. The Kier molecular flexibility index (Phi) is 5.74. The Balaban J connectivity index is 1.36. The molecule has 0 radical (unpaired) electrons. The van der Waals surface area contributed by atoms with E-state index in [0.717, 1.165) is 42.9 Å². The second-order valence-corrected chi connectivity index (χ2v) is 9.37. The summed E-state index contributed by atoms with van der Waals surface area (Å²) in [6.07, 6.45) is 4.29. The van der Waals surface area contributed by atoms with Crippen LogP contribution in [-0.2, 0) is 16.0 Å². The second-order valence-electron chi connectivity index (χ2n) is 7.93. The third kappa shape index (κ3) is 4.26. The molecule has 2 saturated heterocycles. The number of likely N-dealkylation sites (tertiary alicyclic amines) is 1. The van der Waals surface area contributed by atoms with Gasteiger partial charge in [-0.15, -0.1) is 11.3 Å². The molecular formula is C22H25ClN2O2S. The molecule has 2 aromatic rings. The molecule has 148 valence electrons. The lowest BCUT2D eigenvalue weighted by Crippen LogP contribution is -2.44. The van der Waals surface area contributed by atoms with Gasteiger partial charge in [0.05, 0.1) is 0 Å². The molecule has 2 unspecified atom stereocenters. The van der Waals surface area contributed by atoms with Crippen LogP contribution in [-0.4, -0.2) is 35.3 Å². The predicted molar refractivity (Wildman–Crippen MR) is 113 cm³/mol. The first kappa shape index (κ1) is 19.5. The molecule has 2 atom stereocenters. The number of thiophene rings is 1. The minimum Gasteiger partial charge on any atom is -0.350 e. The van der Waals surface area contributed by atoms with Gasteiger partial charge >= 0.3 is 0 Å². The fourth-order valence-corrected chi connectivity index (χ4v) is 5.62. The molecule has 2 fully saturated rings. The summed E-state index contributed by atoms with van der Waals surface area (Å²) in [6.45, 7) is 1.51. The van der Waals surface area contributed by atoms with E-state index in [1.54, 1.807) is 11.3 Å². The van der Waals surface area contributed by atoms with Crippen molar-refractivity contribution in [3.05, 3.63) is 57.2 Å². The van der Waals surface area contributed by atoms with E-state index in [-0.39, 0.29) is 17.4 Å². The van der Waals surface area contributed by atoms with Crippen LogP contribution in [0.2, 0.25) is 5.02 Å². The minimum atomic E-state index is -0.278. The Labute approximate surface area is 174 Å². The van der Waals surface area contributed by atoms with Gasteiger partial charge in [-0.05, 0) is 42.3 Å². The third-order valence-corrected chi connectivity index (χ3v) is 7.25. The lowest BCUT2D eigenvalue weighted by molar-refractivity contribution is -0.131. The molecule has 1 aromatic heterocycles. The van der Waals surface area contributed by atoms with Crippen molar-refractivity contribution < 1.29 is 9.59 Å². The Bertz CT molecular complexity index is 854. The van der Waals surface area contributed by atoms with Gasteiger partial charge in [-0.3, -0.25) is 9.59 Å². The van der Waals surface area contributed by atoms with Gasteiger partial charge in [0.1, 0.15) is 0 Å². The van der Waals surface area contributed by atoms with Crippen molar-refractivity contribution in [2.45, 2.75) is 50.0 Å². The van der Waals surface area contributed by atoms with E-state index in [0.29, 0.717) is 25.2 Å². The number of amides is 2. The molecule has 4 rings (SSSR count). The standard InChI is InChI=1S/C22H25ClN2O2S/c23-19-6-2-1-5-18(19)16-9-12-25(15-16)21(27)8-11-22(10-7-20(26)24-22)14-17-4-3-13-28-17/h1-6,13,16H,7-12,14-15H2,(H,24,26). The first-order valence-electron chi connectivity index (χ1n) is 9.90. The van der Waals surface area contributed by atoms with Crippen LogP contribution in [0.4, 0.5) is 0 Å². The molecule has 2 aliphatic rings. The molecule has 0 aliphatic carbocycles. The number of carbonyl (C=O) groups is 2. The van der Waals surface area contributed by atoms with Gasteiger partial charge in [0.15, 0.2) is 0 Å². The van der Waals surface area contributed by atoms with Crippen LogP contribution in [0.5, 0.6) is 0 Å². The molecular weight excluding hydrogens is 392 g/mol. The SMILES string of the molecule is O=C1CCC(CCC(=O)N2CCC(c3ccccc3Cl)C2)(Cc2cccs2)N1. The van der Waals surface area contributed by atoms with Crippen molar-refractivity contribution in [2.75, 3.05) is 13.1 Å². The van der Waals surface area contributed by atoms with Gasteiger partial charge in [0.25, 0.3) is 0 Å². The lowest BCUT2D eigenvalue weighted by atomic mass is 9.87. The highest BCUT2D eigenvalue weighted by Crippen LogP contribution is 2.34. The summed E-state index contributed by atoms with van der Waals surface area (Å²) in [5.74, 6) is 0.592. The topological polar surface area (TPSA) is 49.4 Å². The zero-order chi connectivity index (χ0) is 19.6. The van der Waals surface area contributed by atoms with Crippen LogP contribution in [0.25, 0.3) is 0 Å². The van der Waals surface area contributed by atoms with Gasteiger partial charge in [-0.25, -0.2) is 0 Å². The van der Waals surface area contributed by atoms with Crippen molar-refractivity contribution in [1.29, 1.82) is 0 Å². The molecule has 1 N–H and O–H groups in total. The number of rotatable bonds is 6. The Morgan fingerprint density at radius 2 is 2.14 bits per heavy atom. The molecule has 3 heterocycles. The van der Waals surface area contributed by atoms with E-state index in [1.165, 1.54) is 4.88 Å². The monoisotopic (exact) mass is 416 g/mol. The summed E-state index contributed by atoms with van der Waals surface area (Å²) >= 11 is 8.04. The molecule has 2 aliphatic heterocycles. The summed E-state index contributed by atoms with van der Waals surface area (Å²) in [5, 5.41) is 6.02. The van der Waals surface area contributed by atoms with Gasteiger partial charge in [0.2, 0.25) is 11.8 Å². The van der Waals surface area contributed by atoms with Crippen LogP contribution in [0.15, 0.2) is 41.8 Å². The third-order valence-electron chi connectivity index (χ3n) is 6.03. The van der Waals surface area contributed by atoms with Crippen molar-refractivity contribution in [3.8, 4) is 0 Å². The lowest BCUT2D eigenvalue weighted by Gasteiger charge is -2.29. The number of carbonyl (C=O) groups excluding carboxylic acids is 2. The van der Waals surface area contributed by atoms with E-state index in [2.05, 4.69) is 22.8 Å². The van der Waals surface area contributed by atoms with Crippen LogP contribution in [0, 0.1) is 0 Å². The Hall–Kier alpha value is -1.85. The van der Waals surface area contributed by atoms with E-state index in [9.17, 15) is 9.59 Å². The van der Waals surface area contributed by atoms with Gasteiger partial charge in [0, 0.05) is 53.7 Å². The summed E-state index contributed by atoms with van der Waals surface area (Å²) in [4.78, 5) is 28.0. The maximum Gasteiger partial charge on any atom is 0.222 e. The number of hydrogen-bond donors (Lipinski definition) is 1. The highest BCUT2D eigenvalue weighted by molar-refractivity contribution is 7.09. The highest BCUT2D eigenvalue weighted by Gasteiger charge is 2.39. The summed E-state index contributed by atoms with van der Waals surface area (Å²) < 4.78 is 0. The molecule has 4 nitrogen and oxygen atoms in total. The molecule has 0 bridgehead atoms. The molecule has 0 spiro atoms. The maximum absolute atomic E-state index is 12.9. The van der Waals surface area contributed by atoms with Crippen LogP contribution in [0.1, 0.15) is 48.5 Å². The zero-order valence-corrected chi connectivity index (χ0v) is 17.4. The van der Waals surface area contributed by atoms with Crippen molar-refractivity contribution in [2.24, 2.45) is 0 Å². The predicted octanol–water partition coefficient (Wildman–Crippen LogP) is 4.39. The second kappa shape index (κ2) is 8.26. The summed E-state index contributed by atoms with van der Waals surface area (Å²) in [5.41, 5.74) is 0.858. The number of hydrogen-bond acceptors (Lipinski definition) is 3. The molecule has 2 amide bonds. The Morgan fingerprint density at radius 3 is 2.86 bits per heavy atom.